The molecule has 1 unspecified atom stereocenters. The van der Waals surface area contributed by atoms with E-state index in [1.54, 1.807) is 0 Å². The molecule has 0 aliphatic heterocycles. The second kappa shape index (κ2) is 5.64. The van der Waals surface area contributed by atoms with Crippen LogP contribution in [-0.4, -0.2) is 36.2 Å². The van der Waals surface area contributed by atoms with Gasteiger partial charge in [-0.15, -0.1) is 0 Å². The molecule has 1 amide bonds. The van der Waals surface area contributed by atoms with E-state index in [9.17, 15) is 4.79 Å². The average molecular weight is 228 g/mol. The quantitative estimate of drug-likeness (QED) is 0.625. The van der Waals surface area contributed by atoms with Gasteiger partial charge in [-0.25, -0.2) is 0 Å². The van der Waals surface area contributed by atoms with Crippen molar-refractivity contribution in [3.8, 4) is 0 Å². The summed E-state index contributed by atoms with van der Waals surface area (Å²) in [5.41, 5.74) is 0.0581. The molecule has 1 aliphatic carbocycles. The van der Waals surface area contributed by atoms with E-state index in [0.29, 0.717) is 19.0 Å². The zero-order valence-corrected chi connectivity index (χ0v) is 10.5. The van der Waals surface area contributed by atoms with Gasteiger partial charge in [0.15, 0.2) is 0 Å². The van der Waals surface area contributed by atoms with E-state index in [2.05, 4.69) is 31.4 Å². The van der Waals surface area contributed by atoms with E-state index in [-0.39, 0.29) is 24.0 Å². The van der Waals surface area contributed by atoms with Gasteiger partial charge in [0.25, 0.3) is 0 Å². The lowest BCUT2D eigenvalue weighted by molar-refractivity contribution is -0.120. The average Bonchev–Trinajstić information content (AvgIpc) is 2.94. The fraction of sp³-hybridized carbons (Fsp3) is 0.917. The van der Waals surface area contributed by atoms with Gasteiger partial charge in [-0.3, -0.25) is 4.79 Å². The summed E-state index contributed by atoms with van der Waals surface area (Å²) in [6, 6.07) is 0.586. The molecule has 0 aromatic rings. The second-order valence-electron chi connectivity index (χ2n) is 5.65. The molecule has 0 radical (unpaired) electrons. The van der Waals surface area contributed by atoms with Crippen LogP contribution in [0.1, 0.15) is 40.0 Å². The number of hydrogen-bond acceptors (Lipinski definition) is 3. The number of amides is 1. The Morgan fingerprint density at radius 1 is 1.44 bits per heavy atom. The molecule has 0 heterocycles. The fourth-order valence-electron chi connectivity index (χ4n) is 1.69. The Balaban J connectivity index is 2.27. The van der Waals surface area contributed by atoms with Gasteiger partial charge in [-0.1, -0.05) is 20.8 Å². The molecule has 0 aromatic heterocycles. The normalized spacial score (nSPS) is 18.2. The Morgan fingerprint density at radius 2 is 2.06 bits per heavy atom. The minimum absolute atomic E-state index is 0.0581. The van der Waals surface area contributed by atoms with Gasteiger partial charge in [0.05, 0.1) is 6.54 Å². The highest BCUT2D eigenvalue weighted by Crippen LogP contribution is 2.21. The minimum Gasteiger partial charge on any atom is -0.396 e. The van der Waals surface area contributed by atoms with E-state index < -0.39 is 0 Å². The van der Waals surface area contributed by atoms with Crippen LogP contribution < -0.4 is 10.6 Å². The summed E-state index contributed by atoms with van der Waals surface area (Å²) in [5, 5.41) is 15.1. The Morgan fingerprint density at radius 3 is 2.50 bits per heavy atom. The van der Waals surface area contributed by atoms with Crippen molar-refractivity contribution >= 4 is 5.91 Å². The van der Waals surface area contributed by atoms with Gasteiger partial charge in [0, 0.05) is 18.7 Å². The molecule has 1 saturated carbocycles. The van der Waals surface area contributed by atoms with E-state index in [1.807, 2.05) is 0 Å². The summed E-state index contributed by atoms with van der Waals surface area (Å²) in [6.07, 6.45) is 2.91. The maximum absolute atomic E-state index is 11.5. The Hall–Kier alpha value is -0.610. The molecular weight excluding hydrogens is 204 g/mol. The minimum atomic E-state index is 0.0581. The summed E-state index contributed by atoms with van der Waals surface area (Å²) in [5.74, 6) is 0.0645. The predicted octanol–water partition coefficient (Wildman–Crippen LogP) is 0.652. The van der Waals surface area contributed by atoms with Gasteiger partial charge >= 0.3 is 0 Å². The summed E-state index contributed by atoms with van der Waals surface area (Å²) in [6.45, 7) is 6.83. The van der Waals surface area contributed by atoms with Gasteiger partial charge < -0.3 is 15.7 Å². The van der Waals surface area contributed by atoms with E-state index in [4.69, 9.17) is 5.11 Å². The molecule has 94 valence electrons. The van der Waals surface area contributed by atoms with Crippen molar-refractivity contribution in [2.75, 3.05) is 13.2 Å². The molecule has 1 fully saturated rings. The number of nitrogens with one attached hydrogen (secondary N) is 2. The molecule has 1 atom stereocenters. The smallest absolute Gasteiger partial charge is 0.234 e. The van der Waals surface area contributed by atoms with Crippen LogP contribution in [0.2, 0.25) is 0 Å². The number of aliphatic hydroxyl groups excluding tert-OH is 1. The molecule has 4 heteroatoms. The highest BCUT2D eigenvalue weighted by molar-refractivity contribution is 5.78. The molecule has 3 N–H and O–H groups in total. The van der Waals surface area contributed by atoms with Gasteiger partial charge in [-0.05, 0) is 24.7 Å². The van der Waals surface area contributed by atoms with Crippen molar-refractivity contribution in [1.29, 1.82) is 0 Å². The third-order valence-corrected chi connectivity index (χ3v) is 2.91. The van der Waals surface area contributed by atoms with Gasteiger partial charge in [0.2, 0.25) is 5.91 Å². The van der Waals surface area contributed by atoms with Crippen LogP contribution in [0.3, 0.4) is 0 Å². The van der Waals surface area contributed by atoms with Crippen LogP contribution in [0, 0.1) is 5.41 Å². The van der Waals surface area contributed by atoms with Crippen molar-refractivity contribution in [3.05, 3.63) is 0 Å². The molecule has 1 rings (SSSR count). The van der Waals surface area contributed by atoms with Crippen molar-refractivity contribution in [2.45, 2.75) is 52.1 Å². The van der Waals surface area contributed by atoms with Crippen molar-refractivity contribution < 1.29 is 9.90 Å². The molecule has 0 spiro atoms. The molecule has 0 saturated heterocycles. The molecule has 0 bridgehead atoms. The van der Waals surface area contributed by atoms with Crippen molar-refractivity contribution in [2.24, 2.45) is 5.41 Å². The Bertz CT molecular complexity index is 232. The lowest BCUT2D eigenvalue weighted by Gasteiger charge is -2.31. The van der Waals surface area contributed by atoms with Crippen LogP contribution in [0.25, 0.3) is 0 Å². The highest BCUT2D eigenvalue weighted by atomic mass is 16.3. The highest BCUT2D eigenvalue weighted by Gasteiger charge is 2.26. The number of hydrogen-bond donors (Lipinski definition) is 3. The third kappa shape index (κ3) is 4.94. The van der Waals surface area contributed by atoms with Crippen LogP contribution in [0.4, 0.5) is 0 Å². The Labute approximate surface area is 97.8 Å². The zero-order valence-electron chi connectivity index (χ0n) is 10.5. The van der Waals surface area contributed by atoms with Gasteiger partial charge in [-0.2, -0.15) is 0 Å². The number of rotatable bonds is 6. The molecule has 16 heavy (non-hydrogen) atoms. The standard InChI is InChI=1S/C12H24N2O2/c1-12(2,3)10(6-7-15)13-8-11(16)14-9-4-5-9/h9-10,13,15H,4-8H2,1-3H3,(H,14,16). The largest absolute Gasteiger partial charge is 0.396 e. The predicted molar refractivity (Wildman–Crippen MR) is 64.1 cm³/mol. The van der Waals surface area contributed by atoms with E-state index >= 15 is 0 Å². The van der Waals surface area contributed by atoms with Crippen LogP contribution in [0.15, 0.2) is 0 Å². The molecular formula is C12H24N2O2. The number of aliphatic hydroxyl groups is 1. The Kier molecular flexibility index (Phi) is 4.74. The first-order valence-electron chi connectivity index (χ1n) is 6.07. The lowest BCUT2D eigenvalue weighted by atomic mass is 9.85. The first kappa shape index (κ1) is 13.5. The van der Waals surface area contributed by atoms with Crippen LogP contribution in [0.5, 0.6) is 0 Å². The topological polar surface area (TPSA) is 61.4 Å². The van der Waals surface area contributed by atoms with Crippen molar-refractivity contribution in [3.63, 3.8) is 0 Å². The van der Waals surface area contributed by atoms with E-state index in [0.717, 1.165) is 12.8 Å². The monoisotopic (exact) mass is 228 g/mol. The first-order chi connectivity index (χ1) is 7.43. The molecule has 4 nitrogen and oxygen atoms in total. The summed E-state index contributed by atoms with van der Waals surface area (Å²) in [7, 11) is 0. The maximum Gasteiger partial charge on any atom is 0.234 e. The summed E-state index contributed by atoms with van der Waals surface area (Å²) in [4.78, 5) is 11.5. The first-order valence-corrected chi connectivity index (χ1v) is 6.07. The second-order valence-corrected chi connectivity index (χ2v) is 5.65. The van der Waals surface area contributed by atoms with E-state index in [1.165, 1.54) is 0 Å². The SMILES string of the molecule is CC(C)(C)C(CCO)NCC(=O)NC1CC1. The number of carbonyl (C=O) groups is 1. The van der Waals surface area contributed by atoms with Crippen LogP contribution >= 0.6 is 0 Å². The number of carbonyl (C=O) groups excluding carboxylic acids is 1. The fourth-order valence-corrected chi connectivity index (χ4v) is 1.69. The molecule has 0 aromatic carbocycles. The van der Waals surface area contributed by atoms with Crippen LogP contribution in [-0.2, 0) is 4.79 Å². The molecule has 1 aliphatic rings. The van der Waals surface area contributed by atoms with Crippen molar-refractivity contribution in [1.82, 2.24) is 10.6 Å². The van der Waals surface area contributed by atoms with Gasteiger partial charge in [0.1, 0.15) is 0 Å². The summed E-state index contributed by atoms with van der Waals surface area (Å²) < 4.78 is 0. The summed E-state index contributed by atoms with van der Waals surface area (Å²) >= 11 is 0. The maximum atomic E-state index is 11.5. The zero-order chi connectivity index (χ0) is 12.2. The lowest BCUT2D eigenvalue weighted by Crippen LogP contribution is -2.46. The third-order valence-electron chi connectivity index (χ3n) is 2.91.